The summed E-state index contributed by atoms with van der Waals surface area (Å²) in [5.74, 6) is -0.944. The Bertz CT molecular complexity index is 1250. The Labute approximate surface area is 395 Å². The van der Waals surface area contributed by atoms with Crippen LogP contribution in [-0.4, -0.2) is 37.2 Å². The molecule has 0 aliphatic heterocycles. The van der Waals surface area contributed by atoms with Crippen LogP contribution in [0.25, 0.3) is 0 Å². The van der Waals surface area contributed by atoms with Gasteiger partial charge in [-0.15, -0.1) is 0 Å². The molecule has 0 amide bonds. The average molecular weight is 891 g/mol. The van der Waals surface area contributed by atoms with E-state index in [4.69, 9.17) is 14.2 Å². The maximum absolute atomic E-state index is 12.8. The molecular weight excluding hydrogens is 793 g/mol. The summed E-state index contributed by atoms with van der Waals surface area (Å²) in [4.78, 5) is 38.0. The van der Waals surface area contributed by atoms with Crippen molar-refractivity contribution in [3.05, 3.63) is 85.1 Å². The third-order valence-electron chi connectivity index (χ3n) is 11.3. The fourth-order valence-corrected chi connectivity index (χ4v) is 7.29. The molecule has 0 aromatic heterocycles. The van der Waals surface area contributed by atoms with Gasteiger partial charge in [0.1, 0.15) is 13.2 Å². The zero-order valence-corrected chi connectivity index (χ0v) is 41.8. The number of carbonyl (C=O) groups excluding carboxylic acids is 3. The zero-order chi connectivity index (χ0) is 46.5. The first-order chi connectivity index (χ1) is 31.5. The zero-order valence-electron chi connectivity index (χ0n) is 41.8. The minimum absolute atomic E-state index is 0.0929. The summed E-state index contributed by atoms with van der Waals surface area (Å²) >= 11 is 0. The van der Waals surface area contributed by atoms with Gasteiger partial charge in [-0.25, -0.2) is 0 Å². The van der Waals surface area contributed by atoms with E-state index in [2.05, 4.69) is 45.1 Å². The van der Waals surface area contributed by atoms with Gasteiger partial charge < -0.3 is 14.2 Å². The second-order valence-corrected chi connectivity index (χ2v) is 17.6. The fraction of sp³-hybridized carbons (Fsp3) is 0.707. The van der Waals surface area contributed by atoms with E-state index >= 15 is 0 Å². The molecule has 0 spiro atoms. The first-order valence-electron chi connectivity index (χ1n) is 26.7. The van der Waals surface area contributed by atoms with Crippen LogP contribution in [-0.2, 0) is 28.6 Å². The second kappa shape index (κ2) is 52.2. The van der Waals surface area contributed by atoms with Crippen molar-refractivity contribution in [1.82, 2.24) is 0 Å². The number of esters is 3. The van der Waals surface area contributed by atoms with Gasteiger partial charge in [-0.3, -0.25) is 14.4 Å². The first kappa shape index (κ1) is 60.6. The van der Waals surface area contributed by atoms with Gasteiger partial charge in [-0.1, -0.05) is 247 Å². The van der Waals surface area contributed by atoms with E-state index in [9.17, 15) is 14.4 Å². The molecule has 0 aromatic carbocycles. The van der Waals surface area contributed by atoms with E-state index in [1.54, 1.807) is 0 Å². The SMILES string of the molecule is CC\C=C/C=C\C=C/C=C\C=C\C=C/CCCCCC(=O)OCC(COC(=O)CCCCCCCCCCCCCCC)OC(=O)CCCCCCC/C=C\CCCCCCCCC. The van der Waals surface area contributed by atoms with Crippen LogP contribution in [0.1, 0.15) is 245 Å². The molecule has 0 rings (SSSR count). The Kier molecular flexibility index (Phi) is 49.4. The van der Waals surface area contributed by atoms with E-state index < -0.39 is 6.10 Å². The number of rotatable bonds is 47. The molecule has 0 bridgehead atoms. The smallest absolute Gasteiger partial charge is 0.306 e. The molecule has 0 saturated heterocycles. The molecule has 6 heteroatoms. The number of ether oxygens (including phenoxy) is 3. The standard InChI is InChI=1S/C58H98O6/c1-4-7-10-13-16-19-22-25-27-29-31-33-36-39-42-45-48-51-57(60)63-54-55(53-62-56(59)50-47-44-41-38-35-32-24-21-18-15-12-9-6-3)64-58(61)52-49-46-43-40-37-34-30-28-26-23-20-17-14-11-8-5-2/h7,10,13,16,19,22,25,27-31,33,36,55H,4-6,8-9,11-12,14-15,17-18,20-21,23-24,26,32,34-35,37-54H2,1-3H3/b10-7-,16-13-,22-19-,27-25-,30-28-,31-29+,36-33-. The normalized spacial score (nSPS) is 12.7. The maximum Gasteiger partial charge on any atom is 0.306 e. The predicted molar refractivity (Wildman–Crippen MR) is 274 cm³/mol. The van der Waals surface area contributed by atoms with Gasteiger partial charge in [0.2, 0.25) is 0 Å². The van der Waals surface area contributed by atoms with Crippen LogP contribution in [0.4, 0.5) is 0 Å². The number of hydrogen-bond acceptors (Lipinski definition) is 6. The van der Waals surface area contributed by atoms with E-state index in [1.165, 1.54) is 122 Å². The fourth-order valence-electron chi connectivity index (χ4n) is 7.29. The lowest BCUT2D eigenvalue weighted by molar-refractivity contribution is -0.167. The Morgan fingerprint density at radius 1 is 0.328 bits per heavy atom. The van der Waals surface area contributed by atoms with Gasteiger partial charge >= 0.3 is 17.9 Å². The third-order valence-corrected chi connectivity index (χ3v) is 11.3. The summed E-state index contributed by atoms with van der Waals surface area (Å²) < 4.78 is 16.8. The number of carbonyl (C=O) groups is 3. The van der Waals surface area contributed by atoms with Crippen molar-refractivity contribution in [3.63, 3.8) is 0 Å². The summed E-state index contributed by atoms with van der Waals surface area (Å²) in [7, 11) is 0. The highest BCUT2D eigenvalue weighted by Gasteiger charge is 2.19. The maximum atomic E-state index is 12.8. The number of unbranched alkanes of at least 4 members (excludes halogenated alkanes) is 27. The predicted octanol–water partition coefficient (Wildman–Crippen LogP) is 17.6. The second-order valence-electron chi connectivity index (χ2n) is 17.6. The largest absolute Gasteiger partial charge is 0.462 e. The van der Waals surface area contributed by atoms with E-state index in [0.717, 1.165) is 83.5 Å². The molecule has 0 fully saturated rings. The quantitative estimate of drug-likeness (QED) is 0.0199. The first-order valence-corrected chi connectivity index (χ1v) is 26.7. The molecule has 0 aliphatic rings. The van der Waals surface area contributed by atoms with Crippen molar-refractivity contribution in [2.75, 3.05) is 13.2 Å². The van der Waals surface area contributed by atoms with Crippen LogP contribution < -0.4 is 0 Å². The van der Waals surface area contributed by atoms with Crippen LogP contribution in [0.15, 0.2) is 85.1 Å². The van der Waals surface area contributed by atoms with Crippen LogP contribution >= 0.6 is 0 Å². The summed E-state index contributed by atoms with van der Waals surface area (Å²) in [5, 5.41) is 0. The van der Waals surface area contributed by atoms with Gasteiger partial charge in [0, 0.05) is 19.3 Å². The summed E-state index contributed by atoms with van der Waals surface area (Å²) in [5.41, 5.74) is 0. The molecule has 366 valence electrons. The Hall–Kier alpha value is -3.41. The van der Waals surface area contributed by atoms with Crippen molar-refractivity contribution in [3.8, 4) is 0 Å². The van der Waals surface area contributed by atoms with Gasteiger partial charge in [0.05, 0.1) is 0 Å². The van der Waals surface area contributed by atoms with Crippen molar-refractivity contribution in [1.29, 1.82) is 0 Å². The summed E-state index contributed by atoms with van der Waals surface area (Å²) in [6.07, 6.45) is 67.0. The molecule has 1 atom stereocenters. The van der Waals surface area contributed by atoms with E-state index in [0.29, 0.717) is 19.3 Å². The van der Waals surface area contributed by atoms with Crippen molar-refractivity contribution >= 4 is 17.9 Å². The van der Waals surface area contributed by atoms with Crippen molar-refractivity contribution in [2.24, 2.45) is 0 Å². The minimum Gasteiger partial charge on any atom is -0.462 e. The third kappa shape index (κ3) is 49.6. The van der Waals surface area contributed by atoms with E-state index in [-0.39, 0.29) is 31.1 Å². The van der Waals surface area contributed by atoms with Gasteiger partial charge in [-0.05, 0) is 64.2 Å². The van der Waals surface area contributed by atoms with Crippen LogP contribution in [0.2, 0.25) is 0 Å². The van der Waals surface area contributed by atoms with Gasteiger partial charge in [0.15, 0.2) is 6.10 Å². The monoisotopic (exact) mass is 891 g/mol. The van der Waals surface area contributed by atoms with Gasteiger partial charge in [0.25, 0.3) is 0 Å². The van der Waals surface area contributed by atoms with E-state index in [1.807, 2.05) is 60.8 Å². The Morgan fingerprint density at radius 2 is 0.625 bits per heavy atom. The number of hydrogen-bond donors (Lipinski definition) is 0. The molecule has 0 saturated carbocycles. The molecule has 0 aromatic rings. The molecule has 1 unspecified atom stereocenters. The topological polar surface area (TPSA) is 78.9 Å². The molecule has 0 aliphatic carbocycles. The van der Waals surface area contributed by atoms with Crippen molar-refractivity contribution in [2.45, 2.75) is 252 Å². The molecule has 6 nitrogen and oxygen atoms in total. The average Bonchev–Trinajstić information content (AvgIpc) is 3.29. The highest BCUT2D eigenvalue weighted by molar-refractivity contribution is 5.71. The Balaban J connectivity index is 4.48. The van der Waals surface area contributed by atoms with Gasteiger partial charge in [-0.2, -0.15) is 0 Å². The van der Waals surface area contributed by atoms with Crippen molar-refractivity contribution < 1.29 is 28.6 Å². The lowest BCUT2D eigenvalue weighted by Gasteiger charge is -2.18. The Morgan fingerprint density at radius 3 is 1.02 bits per heavy atom. The molecule has 0 heterocycles. The minimum atomic E-state index is -0.797. The highest BCUT2D eigenvalue weighted by Crippen LogP contribution is 2.15. The molecule has 64 heavy (non-hydrogen) atoms. The lowest BCUT2D eigenvalue weighted by atomic mass is 10.0. The van der Waals surface area contributed by atoms with Crippen LogP contribution in [0.5, 0.6) is 0 Å². The molecule has 0 N–H and O–H groups in total. The lowest BCUT2D eigenvalue weighted by Crippen LogP contribution is -2.30. The number of allylic oxidation sites excluding steroid dienone is 14. The molecule has 0 radical (unpaired) electrons. The van der Waals surface area contributed by atoms with Crippen LogP contribution in [0.3, 0.4) is 0 Å². The summed E-state index contributed by atoms with van der Waals surface area (Å²) in [6, 6.07) is 0. The van der Waals surface area contributed by atoms with Crippen LogP contribution in [0, 0.1) is 0 Å². The molecular formula is C58H98O6. The highest BCUT2D eigenvalue weighted by atomic mass is 16.6. The summed E-state index contributed by atoms with van der Waals surface area (Å²) in [6.45, 7) is 6.45.